The highest BCUT2D eigenvalue weighted by Gasteiger charge is 2.29. The van der Waals surface area contributed by atoms with Gasteiger partial charge in [0.05, 0.1) is 24.7 Å². The van der Waals surface area contributed by atoms with Crippen LogP contribution in [0.3, 0.4) is 0 Å². The molecule has 8 heteroatoms. The summed E-state index contributed by atoms with van der Waals surface area (Å²) in [5, 5.41) is 2.65. The minimum Gasteiger partial charge on any atom is -0.444 e. The van der Waals surface area contributed by atoms with Gasteiger partial charge in [-0.3, -0.25) is 9.59 Å². The van der Waals surface area contributed by atoms with Gasteiger partial charge in [0.2, 0.25) is 11.3 Å². The highest BCUT2D eigenvalue weighted by molar-refractivity contribution is 8.00. The molecule has 1 aromatic heterocycles. The van der Waals surface area contributed by atoms with Crippen molar-refractivity contribution >= 4 is 23.6 Å². The Morgan fingerprint density at radius 3 is 3.04 bits per heavy atom. The molecule has 0 aliphatic carbocycles. The molecule has 1 atom stereocenters. The molecule has 1 amide bonds. The minimum atomic E-state index is -0.229. The highest BCUT2D eigenvalue weighted by Crippen LogP contribution is 2.36. The summed E-state index contributed by atoms with van der Waals surface area (Å²) in [7, 11) is 0. The van der Waals surface area contributed by atoms with Crippen LogP contribution in [0, 0.1) is 0 Å². The third kappa shape index (κ3) is 4.00. The van der Waals surface area contributed by atoms with Crippen molar-refractivity contribution in [3.05, 3.63) is 34.7 Å². The second kappa shape index (κ2) is 7.87. The first kappa shape index (κ1) is 17.1. The lowest BCUT2D eigenvalue weighted by Crippen LogP contribution is -2.36. The molecule has 3 heterocycles. The monoisotopic (exact) mass is 352 g/mol. The van der Waals surface area contributed by atoms with Crippen molar-refractivity contribution in [2.45, 2.75) is 16.8 Å². The molecule has 2 aliphatic heterocycles. The van der Waals surface area contributed by atoms with E-state index >= 15 is 0 Å². The number of amides is 1. The molecule has 1 fully saturated rings. The van der Waals surface area contributed by atoms with Crippen LogP contribution >= 0.6 is 11.8 Å². The summed E-state index contributed by atoms with van der Waals surface area (Å²) in [5.41, 5.74) is -0.203. The number of thioether (sulfide) groups is 1. The second-order valence-electron chi connectivity index (χ2n) is 5.42. The maximum Gasteiger partial charge on any atom is 0.243 e. The van der Waals surface area contributed by atoms with E-state index in [9.17, 15) is 9.59 Å². The first-order valence-corrected chi connectivity index (χ1v) is 8.73. The molecule has 1 N–H and O–H groups in total. The molecule has 3 rings (SSSR count). The van der Waals surface area contributed by atoms with Gasteiger partial charge in [-0.25, -0.2) is 0 Å². The largest absolute Gasteiger partial charge is 0.444 e. The summed E-state index contributed by atoms with van der Waals surface area (Å²) >= 11 is 1.38. The van der Waals surface area contributed by atoms with Gasteiger partial charge in [0.1, 0.15) is 11.2 Å². The molecule has 1 aromatic rings. The number of nitrogens with zero attached hydrogens (tertiary/aromatic N) is 1. The van der Waals surface area contributed by atoms with Gasteiger partial charge in [-0.05, 0) is 6.08 Å². The van der Waals surface area contributed by atoms with Crippen LogP contribution in [0.1, 0.15) is 5.76 Å². The van der Waals surface area contributed by atoms with Crippen LogP contribution in [0.4, 0.5) is 5.88 Å². The van der Waals surface area contributed by atoms with Gasteiger partial charge in [-0.2, -0.15) is 0 Å². The van der Waals surface area contributed by atoms with E-state index in [0.717, 1.165) is 13.1 Å². The van der Waals surface area contributed by atoms with Crippen LogP contribution in [-0.4, -0.2) is 50.8 Å². The van der Waals surface area contributed by atoms with E-state index in [-0.39, 0.29) is 16.8 Å². The van der Waals surface area contributed by atoms with Crippen LogP contribution in [0.2, 0.25) is 0 Å². The number of nitrogens with one attached hydrogen (secondary N) is 1. The topological polar surface area (TPSA) is 81.0 Å². The molecule has 0 radical (unpaired) electrons. The molecule has 0 spiro atoms. The smallest absolute Gasteiger partial charge is 0.243 e. The predicted molar refractivity (Wildman–Crippen MR) is 90.5 cm³/mol. The molecular weight excluding hydrogens is 332 g/mol. The lowest BCUT2D eigenvalue weighted by Gasteiger charge is -2.27. The summed E-state index contributed by atoms with van der Waals surface area (Å²) in [6.07, 6.45) is 1.76. The summed E-state index contributed by atoms with van der Waals surface area (Å²) in [6, 6.07) is 1.55. The molecule has 7 nitrogen and oxygen atoms in total. The standard InChI is InChI=1S/C16H20N2O5S/c1-2-13(20)17-3-6-22-15-10-12-16(24-15)11(19)9-14(23-12)18-4-7-21-8-5-18/h2,9,15H,1,3-8,10H2,(H,17,20). The number of rotatable bonds is 6. The van der Waals surface area contributed by atoms with Gasteiger partial charge in [0.25, 0.3) is 0 Å². The normalized spacial score (nSPS) is 19.8. The summed E-state index contributed by atoms with van der Waals surface area (Å²) in [6.45, 7) is 6.87. The van der Waals surface area contributed by atoms with E-state index in [1.54, 1.807) is 6.07 Å². The van der Waals surface area contributed by atoms with Crippen molar-refractivity contribution in [2.75, 3.05) is 44.4 Å². The SMILES string of the molecule is C=CC(=O)NCCOC1Cc2oc(N3CCOCC3)cc(=O)c2S1. The number of anilines is 1. The van der Waals surface area contributed by atoms with E-state index in [4.69, 9.17) is 13.9 Å². The van der Waals surface area contributed by atoms with Crippen LogP contribution in [0.5, 0.6) is 0 Å². The van der Waals surface area contributed by atoms with Crippen molar-refractivity contribution in [2.24, 2.45) is 0 Å². The number of carbonyl (C=O) groups excluding carboxylic acids is 1. The Hall–Kier alpha value is -1.77. The molecule has 24 heavy (non-hydrogen) atoms. The van der Waals surface area contributed by atoms with Crippen molar-refractivity contribution in [1.82, 2.24) is 5.32 Å². The molecular formula is C16H20N2O5S. The number of hydrogen-bond acceptors (Lipinski definition) is 7. The average molecular weight is 352 g/mol. The number of morpholine rings is 1. The third-order valence-electron chi connectivity index (χ3n) is 3.77. The van der Waals surface area contributed by atoms with Crippen LogP contribution < -0.4 is 15.6 Å². The molecule has 0 saturated carbocycles. The maximum absolute atomic E-state index is 12.3. The molecule has 0 aromatic carbocycles. The zero-order valence-electron chi connectivity index (χ0n) is 13.3. The highest BCUT2D eigenvalue weighted by atomic mass is 32.2. The first-order chi connectivity index (χ1) is 11.7. The first-order valence-electron chi connectivity index (χ1n) is 7.85. The third-order valence-corrected chi connectivity index (χ3v) is 5.00. The Morgan fingerprint density at radius 2 is 2.29 bits per heavy atom. The van der Waals surface area contributed by atoms with E-state index < -0.39 is 0 Å². The molecule has 130 valence electrons. The molecule has 1 unspecified atom stereocenters. The van der Waals surface area contributed by atoms with Crippen LogP contribution in [0.15, 0.2) is 32.8 Å². The Morgan fingerprint density at radius 1 is 1.50 bits per heavy atom. The molecule has 0 bridgehead atoms. The van der Waals surface area contributed by atoms with Gasteiger partial charge in [-0.15, -0.1) is 0 Å². The van der Waals surface area contributed by atoms with Gasteiger partial charge < -0.3 is 24.1 Å². The summed E-state index contributed by atoms with van der Waals surface area (Å²) < 4.78 is 16.9. The fraction of sp³-hybridized carbons (Fsp3) is 0.500. The number of fused-ring (bicyclic) bond motifs is 1. The van der Waals surface area contributed by atoms with Gasteiger partial charge in [-0.1, -0.05) is 18.3 Å². The lowest BCUT2D eigenvalue weighted by molar-refractivity contribution is -0.116. The van der Waals surface area contributed by atoms with Gasteiger partial charge >= 0.3 is 0 Å². The number of carbonyl (C=O) groups is 1. The van der Waals surface area contributed by atoms with E-state index in [1.165, 1.54) is 17.8 Å². The lowest BCUT2D eigenvalue weighted by atomic mass is 10.3. The fourth-order valence-electron chi connectivity index (χ4n) is 2.57. The Labute approximate surface area is 144 Å². The van der Waals surface area contributed by atoms with Crippen molar-refractivity contribution in [3.63, 3.8) is 0 Å². The zero-order chi connectivity index (χ0) is 16.9. The van der Waals surface area contributed by atoms with Gasteiger partial charge in [0.15, 0.2) is 5.88 Å². The summed E-state index contributed by atoms with van der Waals surface area (Å²) in [4.78, 5) is 26.0. The average Bonchev–Trinajstić information content (AvgIpc) is 3.03. The zero-order valence-corrected chi connectivity index (χ0v) is 14.1. The van der Waals surface area contributed by atoms with Crippen LogP contribution in [-0.2, 0) is 20.7 Å². The number of ether oxygens (including phenoxy) is 2. The molecule has 2 aliphatic rings. The van der Waals surface area contributed by atoms with E-state index in [1.807, 2.05) is 4.90 Å². The quantitative estimate of drug-likeness (QED) is 0.598. The molecule has 1 saturated heterocycles. The van der Waals surface area contributed by atoms with Crippen molar-refractivity contribution < 1.29 is 18.7 Å². The Bertz CT molecular complexity index is 669. The predicted octanol–water partition coefficient (Wildman–Crippen LogP) is 0.769. The van der Waals surface area contributed by atoms with Crippen molar-refractivity contribution in [1.29, 1.82) is 0 Å². The van der Waals surface area contributed by atoms with Gasteiger partial charge in [0, 0.05) is 32.1 Å². The van der Waals surface area contributed by atoms with E-state index in [2.05, 4.69) is 11.9 Å². The maximum atomic E-state index is 12.3. The summed E-state index contributed by atoms with van der Waals surface area (Å²) in [5.74, 6) is 1.05. The Kier molecular flexibility index (Phi) is 5.60. The Balaban J connectivity index is 1.58. The second-order valence-corrected chi connectivity index (χ2v) is 6.59. The van der Waals surface area contributed by atoms with Crippen molar-refractivity contribution in [3.8, 4) is 0 Å². The minimum absolute atomic E-state index is 0.0335. The van der Waals surface area contributed by atoms with E-state index in [0.29, 0.717) is 49.3 Å². The van der Waals surface area contributed by atoms with Crippen LogP contribution in [0.25, 0.3) is 0 Å². The fourth-order valence-corrected chi connectivity index (χ4v) is 3.66. The number of hydrogen-bond donors (Lipinski definition) is 1.